The molecule has 2 fully saturated rings. The maximum Gasteiger partial charge on any atom is 0.338 e. The van der Waals surface area contributed by atoms with E-state index in [1.807, 2.05) is 42.6 Å². The lowest BCUT2D eigenvalue weighted by atomic mass is 9.71. The van der Waals surface area contributed by atoms with Crippen LogP contribution in [0.2, 0.25) is 0 Å². The Labute approximate surface area is 331 Å². The number of hydrogen-bond acceptors (Lipinski definition) is 6. The Morgan fingerprint density at radius 2 is 1.24 bits per heavy atom. The van der Waals surface area contributed by atoms with Crippen LogP contribution in [-0.2, 0) is 20.4 Å². The van der Waals surface area contributed by atoms with Crippen molar-refractivity contribution in [2.45, 2.75) is 147 Å². The molecule has 1 aromatic heterocycles. The summed E-state index contributed by atoms with van der Waals surface area (Å²) in [5, 5.41) is 28.0. The highest BCUT2D eigenvalue weighted by molar-refractivity contribution is 5.91. The molecule has 0 spiro atoms. The van der Waals surface area contributed by atoms with E-state index >= 15 is 0 Å². The first-order chi connectivity index (χ1) is 26.3. The first-order valence-electron chi connectivity index (χ1n) is 21.1. The molecule has 1 heterocycles. The van der Waals surface area contributed by atoms with Crippen LogP contribution in [0.3, 0.4) is 0 Å². The topological polar surface area (TPSA) is 91.7 Å². The third-order valence-corrected chi connectivity index (χ3v) is 12.3. The van der Waals surface area contributed by atoms with Gasteiger partial charge in [0.25, 0.3) is 0 Å². The van der Waals surface area contributed by atoms with Crippen molar-refractivity contribution in [3.05, 3.63) is 108 Å². The van der Waals surface area contributed by atoms with Gasteiger partial charge in [0, 0.05) is 23.8 Å². The highest BCUT2D eigenvalue weighted by Crippen LogP contribution is 2.41. The van der Waals surface area contributed by atoms with E-state index in [1.54, 1.807) is 6.92 Å². The number of hydrogen-bond donors (Lipinski definition) is 3. The molecular weight excluding hydrogens is 681 g/mol. The van der Waals surface area contributed by atoms with Crippen LogP contribution in [0.1, 0.15) is 136 Å². The molecule has 2 aliphatic carbocycles. The molecule has 2 saturated carbocycles. The molecule has 3 N–H and O–H groups in total. The number of ether oxygens (including phenoxy) is 1. The summed E-state index contributed by atoms with van der Waals surface area (Å²) in [6.45, 7) is 11.3. The Hall–Kier alpha value is -3.74. The summed E-state index contributed by atoms with van der Waals surface area (Å²) in [6, 6.07) is 31.0. The lowest BCUT2D eigenvalue weighted by Crippen LogP contribution is -2.46. The zero-order chi connectivity index (χ0) is 39.4. The predicted octanol–water partition coefficient (Wildman–Crippen LogP) is 11.3. The minimum atomic E-state index is -1.41. The standard InChI is InChI=1S/C28H36N2O.C21H32O3/c1-27(2,23-13-7-4-8-14-23)20-28(31,19-22-11-5-3-6-12-22)21-30-26-17-9-16-25-24(26)15-10-18-29-25;1-4-24-19(22)21(23,15-17-11-7-5-8-12-17)16-20(2,3)18-13-9-6-10-14-18/h4,7-10,13-18,22,30-31H,3,5-6,11-12,19-21H2,1-2H3;6,9-10,13-14,17,23H,4-5,7-8,11-12,15-16H2,1-3H3. The second-order valence-corrected chi connectivity index (χ2v) is 18.0. The molecule has 3 aromatic carbocycles. The van der Waals surface area contributed by atoms with E-state index in [1.165, 1.54) is 56.9 Å². The molecule has 0 bridgehead atoms. The molecule has 55 heavy (non-hydrogen) atoms. The Bertz CT molecular complexity index is 1740. The van der Waals surface area contributed by atoms with Crippen molar-refractivity contribution in [2.24, 2.45) is 11.8 Å². The van der Waals surface area contributed by atoms with Crippen LogP contribution in [0.5, 0.6) is 0 Å². The molecular formula is C49H68N2O4. The van der Waals surface area contributed by atoms with E-state index < -0.39 is 17.2 Å². The smallest absolute Gasteiger partial charge is 0.338 e. The molecule has 2 unspecified atom stereocenters. The van der Waals surface area contributed by atoms with Gasteiger partial charge >= 0.3 is 5.97 Å². The number of carbonyl (C=O) groups excluding carboxylic acids is 1. The molecule has 6 nitrogen and oxygen atoms in total. The molecule has 6 rings (SSSR count). The van der Waals surface area contributed by atoms with Gasteiger partial charge in [0.05, 0.1) is 17.7 Å². The second-order valence-electron chi connectivity index (χ2n) is 18.0. The summed E-state index contributed by atoms with van der Waals surface area (Å²) in [7, 11) is 0. The molecule has 298 valence electrons. The Kier molecular flexibility index (Phi) is 15.0. The number of benzene rings is 3. The molecule has 4 aromatic rings. The van der Waals surface area contributed by atoms with Crippen molar-refractivity contribution in [2.75, 3.05) is 18.5 Å². The summed E-state index contributed by atoms with van der Waals surface area (Å²) in [5.74, 6) is 0.570. The van der Waals surface area contributed by atoms with Gasteiger partial charge in [-0.3, -0.25) is 4.98 Å². The average Bonchev–Trinajstić information content (AvgIpc) is 3.18. The van der Waals surface area contributed by atoms with Crippen LogP contribution in [0.25, 0.3) is 10.9 Å². The maximum absolute atomic E-state index is 12.6. The van der Waals surface area contributed by atoms with Gasteiger partial charge in [-0.15, -0.1) is 0 Å². The van der Waals surface area contributed by atoms with Crippen LogP contribution in [0, 0.1) is 11.8 Å². The second kappa shape index (κ2) is 19.4. The van der Waals surface area contributed by atoms with Gasteiger partial charge in [-0.25, -0.2) is 4.79 Å². The molecule has 0 saturated heterocycles. The van der Waals surface area contributed by atoms with Crippen LogP contribution in [-0.4, -0.2) is 45.5 Å². The minimum Gasteiger partial charge on any atom is -0.464 e. The number of carbonyl (C=O) groups is 1. The fourth-order valence-electron chi connectivity index (χ4n) is 9.55. The SMILES string of the molecule is CC(C)(CC(O)(CNc1cccc2ncccc12)CC1CCCCC1)c1ccccc1.CCOC(=O)C(O)(CC1CCCCC1)CC(C)(C)c1ccccc1. The monoisotopic (exact) mass is 749 g/mol. The molecule has 0 aliphatic heterocycles. The van der Waals surface area contributed by atoms with E-state index in [0.29, 0.717) is 37.8 Å². The Balaban J connectivity index is 0.000000219. The van der Waals surface area contributed by atoms with Crippen molar-refractivity contribution in [3.8, 4) is 0 Å². The average molecular weight is 749 g/mol. The van der Waals surface area contributed by atoms with Gasteiger partial charge in [-0.2, -0.15) is 0 Å². The normalized spacial score (nSPS) is 18.0. The highest BCUT2D eigenvalue weighted by Gasteiger charge is 2.44. The number of esters is 1. The zero-order valence-corrected chi connectivity index (χ0v) is 34.4. The first kappa shape index (κ1) is 42.4. The van der Waals surface area contributed by atoms with Crippen LogP contribution in [0.4, 0.5) is 5.69 Å². The maximum atomic E-state index is 12.6. The van der Waals surface area contributed by atoms with Gasteiger partial charge in [-0.1, -0.05) is 159 Å². The van der Waals surface area contributed by atoms with Crippen molar-refractivity contribution < 1.29 is 19.7 Å². The fraction of sp³-hybridized carbons (Fsp3) is 0.551. The lowest BCUT2D eigenvalue weighted by Gasteiger charge is -2.40. The van der Waals surface area contributed by atoms with Gasteiger partial charge in [0.1, 0.15) is 0 Å². The van der Waals surface area contributed by atoms with Crippen molar-refractivity contribution in [1.82, 2.24) is 4.98 Å². The van der Waals surface area contributed by atoms with Crippen LogP contribution in [0.15, 0.2) is 97.2 Å². The molecule has 6 heteroatoms. The Morgan fingerprint density at radius 1 is 0.691 bits per heavy atom. The third-order valence-electron chi connectivity index (χ3n) is 12.3. The van der Waals surface area contributed by atoms with E-state index in [2.05, 4.69) is 92.6 Å². The summed E-state index contributed by atoms with van der Waals surface area (Å²) >= 11 is 0. The Morgan fingerprint density at radius 3 is 1.80 bits per heavy atom. The highest BCUT2D eigenvalue weighted by atomic mass is 16.5. The molecule has 0 amide bonds. The summed E-state index contributed by atoms with van der Waals surface area (Å²) < 4.78 is 5.24. The van der Waals surface area contributed by atoms with Crippen molar-refractivity contribution in [1.29, 1.82) is 0 Å². The third kappa shape index (κ3) is 12.1. The van der Waals surface area contributed by atoms with E-state index in [9.17, 15) is 15.0 Å². The number of fused-ring (bicyclic) bond motifs is 1. The van der Waals surface area contributed by atoms with Crippen molar-refractivity contribution in [3.63, 3.8) is 0 Å². The molecule has 2 atom stereocenters. The van der Waals surface area contributed by atoms with Gasteiger partial charge in [0.2, 0.25) is 0 Å². The predicted molar refractivity (Wildman–Crippen MR) is 227 cm³/mol. The molecule has 2 aliphatic rings. The van der Waals surface area contributed by atoms with E-state index in [4.69, 9.17) is 4.74 Å². The summed E-state index contributed by atoms with van der Waals surface area (Å²) in [5.41, 5.74) is 1.87. The van der Waals surface area contributed by atoms with E-state index in [-0.39, 0.29) is 10.8 Å². The summed E-state index contributed by atoms with van der Waals surface area (Å²) in [4.78, 5) is 17.1. The van der Waals surface area contributed by atoms with Gasteiger partial charge in [-0.05, 0) is 90.7 Å². The number of rotatable bonds is 15. The van der Waals surface area contributed by atoms with Gasteiger partial charge < -0.3 is 20.3 Å². The zero-order valence-electron chi connectivity index (χ0n) is 34.4. The van der Waals surface area contributed by atoms with Crippen LogP contribution < -0.4 is 5.32 Å². The van der Waals surface area contributed by atoms with Crippen molar-refractivity contribution >= 4 is 22.6 Å². The van der Waals surface area contributed by atoms with Gasteiger partial charge in [0.15, 0.2) is 5.60 Å². The fourth-order valence-corrected chi connectivity index (χ4v) is 9.55. The summed E-state index contributed by atoms with van der Waals surface area (Å²) in [6.07, 6.45) is 16.6. The minimum absolute atomic E-state index is 0.104. The van der Waals surface area contributed by atoms with Crippen LogP contribution >= 0.6 is 0 Å². The molecule has 0 radical (unpaired) electrons. The quantitative estimate of drug-likeness (QED) is 0.105. The number of aromatic nitrogens is 1. The largest absolute Gasteiger partial charge is 0.464 e. The number of anilines is 1. The number of nitrogens with zero attached hydrogens (tertiary/aromatic N) is 1. The number of nitrogens with one attached hydrogen (secondary N) is 1. The van der Waals surface area contributed by atoms with E-state index in [0.717, 1.165) is 47.8 Å². The lowest BCUT2D eigenvalue weighted by molar-refractivity contribution is -0.170. The first-order valence-corrected chi connectivity index (χ1v) is 21.1. The number of aliphatic hydroxyl groups is 2. The number of pyridine rings is 1.